The van der Waals surface area contributed by atoms with Gasteiger partial charge in [-0.15, -0.1) is 0 Å². The summed E-state index contributed by atoms with van der Waals surface area (Å²) >= 11 is 0. The van der Waals surface area contributed by atoms with Gasteiger partial charge in [-0.05, 0) is 19.1 Å². The van der Waals surface area contributed by atoms with Crippen molar-refractivity contribution in [2.24, 2.45) is 0 Å². The highest BCUT2D eigenvalue weighted by molar-refractivity contribution is 5.89. The molecule has 0 saturated carbocycles. The number of hydrogen-bond acceptors (Lipinski definition) is 7. The predicted molar refractivity (Wildman–Crippen MR) is 73.8 cm³/mol. The Morgan fingerprint density at radius 3 is 2.32 bits per heavy atom. The average Bonchev–Trinajstić information content (AvgIpc) is 2.48. The van der Waals surface area contributed by atoms with Crippen LogP contribution in [0.2, 0.25) is 0 Å². The van der Waals surface area contributed by atoms with E-state index in [1.165, 1.54) is 26.0 Å². The zero-order valence-corrected chi connectivity index (χ0v) is 12.2. The minimum atomic E-state index is -1.51. The first-order chi connectivity index (χ1) is 10.4. The molecule has 2 N–H and O–H groups in total. The Kier molecular flexibility index (Phi) is 5.12. The van der Waals surface area contributed by atoms with Crippen LogP contribution in [0.25, 0.3) is 0 Å². The number of carbonyl (C=O) groups excluding carboxylic acids is 2. The fourth-order valence-corrected chi connectivity index (χ4v) is 2.26. The number of hydrogen-bond donors (Lipinski definition) is 2. The molecule has 1 fully saturated rings. The monoisotopic (exact) mass is 310 g/mol. The molecule has 7 nitrogen and oxygen atoms in total. The molecule has 0 amide bonds. The number of aliphatic hydroxyl groups excluding tert-OH is 2. The normalized spacial score (nSPS) is 31.4. The Bertz CT molecular complexity index is 530. The Labute approximate surface area is 127 Å². The number of rotatable bonds is 3. The average molecular weight is 310 g/mol. The molecule has 0 radical (unpaired) electrons. The lowest BCUT2D eigenvalue weighted by Crippen LogP contribution is -2.59. The first-order valence-electron chi connectivity index (χ1n) is 6.85. The van der Waals surface area contributed by atoms with Gasteiger partial charge in [0.05, 0.1) is 11.7 Å². The highest BCUT2D eigenvalue weighted by Crippen LogP contribution is 2.25. The van der Waals surface area contributed by atoms with Crippen LogP contribution < -0.4 is 0 Å². The van der Waals surface area contributed by atoms with Gasteiger partial charge in [0.1, 0.15) is 6.10 Å². The van der Waals surface area contributed by atoms with Gasteiger partial charge < -0.3 is 24.4 Å². The van der Waals surface area contributed by atoms with E-state index in [4.69, 9.17) is 14.2 Å². The Hall–Kier alpha value is -1.96. The lowest BCUT2D eigenvalue weighted by molar-refractivity contribution is -0.280. The van der Waals surface area contributed by atoms with Gasteiger partial charge in [0.25, 0.3) is 0 Å². The van der Waals surface area contributed by atoms with Crippen molar-refractivity contribution in [3.05, 3.63) is 35.9 Å². The largest absolute Gasteiger partial charge is 0.457 e. The van der Waals surface area contributed by atoms with Crippen molar-refractivity contribution < 1.29 is 34.0 Å². The van der Waals surface area contributed by atoms with E-state index in [9.17, 15) is 19.8 Å². The van der Waals surface area contributed by atoms with Crippen molar-refractivity contribution >= 4 is 11.9 Å². The van der Waals surface area contributed by atoms with Gasteiger partial charge in [0.15, 0.2) is 18.5 Å². The zero-order valence-electron chi connectivity index (χ0n) is 12.2. The molecule has 0 aromatic heterocycles. The fourth-order valence-electron chi connectivity index (χ4n) is 2.26. The van der Waals surface area contributed by atoms with Crippen molar-refractivity contribution in [2.75, 3.05) is 0 Å². The van der Waals surface area contributed by atoms with E-state index < -0.39 is 42.6 Å². The van der Waals surface area contributed by atoms with Gasteiger partial charge >= 0.3 is 11.9 Å². The maximum absolute atomic E-state index is 12.0. The molecule has 1 aromatic carbocycles. The summed E-state index contributed by atoms with van der Waals surface area (Å²) in [5.74, 6) is -1.33. The van der Waals surface area contributed by atoms with Gasteiger partial charge in [-0.3, -0.25) is 4.79 Å². The molecule has 1 aliphatic rings. The highest BCUT2D eigenvalue weighted by Gasteiger charge is 2.47. The molecule has 120 valence electrons. The summed E-state index contributed by atoms with van der Waals surface area (Å²) in [4.78, 5) is 23.1. The molecule has 1 heterocycles. The van der Waals surface area contributed by atoms with Gasteiger partial charge in [-0.2, -0.15) is 0 Å². The van der Waals surface area contributed by atoms with E-state index in [0.29, 0.717) is 0 Å². The van der Waals surface area contributed by atoms with E-state index in [2.05, 4.69) is 0 Å². The maximum Gasteiger partial charge on any atom is 0.338 e. The topological polar surface area (TPSA) is 102 Å². The third kappa shape index (κ3) is 3.62. The van der Waals surface area contributed by atoms with Crippen LogP contribution in [-0.2, 0) is 19.0 Å². The molecule has 1 aliphatic heterocycles. The van der Waals surface area contributed by atoms with Crippen molar-refractivity contribution in [1.82, 2.24) is 0 Å². The van der Waals surface area contributed by atoms with Crippen LogP contribution in [0.3, 0.4) is 0 Å². The van der Waals surface area contributed by atoms with Crippen LogP contribution in [0.4, 0.5) is 0 Å². The van der Waals surface area contributed by atoms with Crippen LogP contribution in [0.15, 0.2) is 30.3 Å². The van der Waals surface area contributed by atoms with Crippen molar-refractivity contribution in [3.8, 4) is 0 Å². The highest BCUT2D eigenvalue weighted by atomic mass is 16.7. The van der Waals surface area contributed by atoms with Crippen molar-refractivity contribution in [3.63, 3.8) is 0 Å². The second-order valence-electron chi connectivity index (χ2n) is 5.03. The summed E-state index contributed by atoms with van der Waals surface area (Å²) in [6.07, 6.45) is -6.02. The SMILES string of the molecule is CC(=O)O[C@@H]1[C@H](O)[C@@H](OC(=O)c2ccccc2)[C@H](O)O[C@@H]1C. The molecule has 1 saturated heterocycles. The molecule has 0 spiro atoms. The smallest absolute Gasteiger partial charge is 0.338 e. The standard InChI is InChI=1S/C15H18O7/c1-8-12(21-9(2)16)11(17)13(15(19)20-8)22-14(18)10-6-4-3-5-7-10/h3-8,11-13,15,17,19H,1-2H3/t8-,11+,12+,13-,15-/m1/s1. The van der Waals surface area contributed by atoms with Crippen LogP contribution in [0.5, 0.6) is 0 Å². The molecular formula is C15H18O7. The summed E-state index contributed by atoms with van der Waals surface area (Å²) in [6, 6.07) is 8.13. The molecule has 0 unspecified atom stereocenters. The fraction of sp³-hybridized carbons (Fsp3) is 0.467. The molecule has 0 bridgehead atoms. The minimum absolute atomic E-state index is 0.268. The maximum atomic E-state index is 12.0. The van der Waals surface area contributed by atoms with Gasteiger partial charge in [-0.25, -0.2) is 4.79 Å². The van der Waals surface area contributed by atoms with Gasteiger partial charge in [-0.1, -0.05) is 18.2 Å². The quantitative estimate of drug-likeness (QED) is 0.771. The molecular weight excluding hydrogens is 292 g/mol. The third-order valence-electron chi connectivity index (χ3n) is 3.33. The van der Waals surface area contributed by atoms with E-state index >= 15 is 0 Å². The molecule has 5 atom stereocenters. The van der Waals surface area contributed by atoms with E-state index in [0.717, 1.165) is 0 Å². The number of aliphatic hydroxyl groups is 2. The van der Waals surface area contributed by atoms with Crippen molar-refractivity contribution in [2.45, 2.75) is 44.6 Å². The summed E-state index contributed by atoms with van der Waals surface area (Å²) in [6.45, 7) is 2.73. The molecule has 1 aromatic rings. The Morgan fingerprint density at radius 2 is 1.73 bits per heavy atom. The van der Waals surface area contributed by atoms with Crippen LogP contribution in [-0.4, -0.2) is 52.9 Å². The molecule has 7 heteroatoms. The minimum Gasteiger partial charge on any atom is -0.457 e. The lowest BCUT2D eigenvalue weighted by Gasteiger charge is -2.40. The van der Waals surface area contributed by atoms with Gasteiger partial charge in [0, 0.05) is 6.92 Å². The Morgan fingerprint density at radius 1 is 1.09 bits per heavy atom. The Balaban J connectivity index is 2.11. The number of carbonyl (C=O) groups is 2. The first kappa shape index (κ1) is 16.4. The summed E-state index contributed by atoms with van der Waals surface area (Å²) in [5, 5.41) is 20.1. The zero-order chi connectivity index (χ0) is 16.3. The second-order valence-corrected chi connectivity index (χ2v) is 5.03. The summed E-state index contributed by atoms with van der Waals surface area (Å²) < 4.78 is 15.2. The lowest BCUT2D eigenvalue weighted by atomic mass is 9.99. The third-order valence-corrected chi connectivity index (χ3v) is 3.33. The van der Waals surface area contributed by atoms with Crippen LogP contribution >= 0.6 is 0 Å². The van der Waals surface area contributed by atoms with Gasteiger partial charge in [0.2, 0.25) is 0 Å². The number of esters is 2. The molecule has 0 aliphatic carbocycles. The summed E-state index contributed by atoms with van der Waals surface area (Å²) in [7, 11) is 0. The second kappa shape index (κ2) is 6.87. The van der Waals surface area contributed by atoms with Crippen LogP contribution in [0, 0.1) is 0 Å². The molecule has 22 heavy (non-hydrogen) atoms. The predicted octanol–water partition coefficient (Wildman–Crippen LogP) is 0.242. The van der Waals surface area contributed by atoms with E-state index in [1.54, 1.807) is 18.2 Å². The van der Waals surface area contributed by atoms with Crippen LogP contribution in [0.1, 0.15) is 24.2 Å². The number of benzene rings is 1. The summed E-state index contributed by atoms with van der Waals surface area (Å²) in [5.41, 5.74) is 0.268. The first-order valence-corrected chi connectivity index (χ1v) is 6.85. The number of ether oxygens (including phenoxy) is 3. The van der Waals surface area contributed by atoms with E-state index in [1.807, 2.05) is 0 Å². The molecule has 2 rings (SSSR count). The van der Waals surface area contributed by atoms with E-state index in [-0.39, 0.29) is 5.56 Å². The van der Waals surface area contributed by atoms with Crippen molar-refractivity contribution in [1.29, 1.82) is 0 Å².